The van der Waals surface area contributed by atoms with Crippen LogP contribution in [0.5, 0.6) is 0 Å². The average molecular weight is 1170 g/mol. The van der Waals surface area contributed by atoms with Gasteiger partial charge in [0.15, 0.2) is 5.78 Å². The lowest BCUT2D eigenvalue weighted by Gasteiger charge is -2.75. The summed E-state index contributed by atoms with van der Waals surface area (Å²) in [6, 6.07) is 4.97. The molecule has 3 aromatic rings. The van der Waals surface area contributed by atoms with E-state index in [4.69, 9.17) is 9.47 Å². The van der Waals surface area contributed by atoms with Crippen molar-refractivity contribution < 1.29 is 44.3 Å². The van der Waals surface area contributed by atoms with Gasteiger partial charge < -0.3 is 44.8 Å². The molecule has 8 aliphatic carbocycles. The molecular formula is C73H103N3O9. The Bertz CT molecular complexity index is 3210. The van der Waals surface area contributed by atoms with Crippen LogP contribution in [-0.2, 0) is 48.8 Å². The molecule has 5 heterocycles. The summed E-state index contributed by atoms with van der Waals surface area (Å²) in [5.74, 6) is -0.172. The van der Waals surface area contributed by atoms with Crippen molar-refractivity contribution in [2.75, 3.05) is 20.3 Å². The zero-order valence-corrected chi connectivity index (χ0v) is 53.1. The SMILES string of the molecule is CN[C@@H]1CCC[C@@]2(C1)C(=O)C[C@]1(CC[C@H](O)C1)[C@@]1(C)[C@H]3[C@H](O)[C@@H]4Cn5cc([C@H]6C(=O)[C@H](CCC(C)C)Cc7c6cc(C6CCCCC6)cc7C6(O)CCOCC6)c6[nH]cc(c65)CC[C@@](C)(C[C@@H](O)[C@H]5OC5(C)C)C5=C4[C@](C)(CC5=O)[C@@]3(C)CC[C@@H]21. The van der Waals surface area contributed by atoms with Gasteiger partial charge in [-0.15, -0.1) is 0 Å². The minimum absolute atomic E-state index is 0.00672. The number of rotatable bonds is 10. The van der Waals surface area contributed by atoms with Gasteiger partial charge in [0.2, 0.25) is 0 Å². The Kier molecular flexibility index (Phi) is 14.3. The predicted octanol–water partition coefficient (Wildman–Crippen LogP) is 12.2. The smallest absolute Gasteiger partial charge is 0.160 e. The topological polar surface area (TPSA) is 187 Å². The number of nitrogens with zero attached hydrogens (tertiary/aromatic N) is 1. The number of aryl methyl sites for hydroxylation is 1. The van der Waals surface area contributed by atoms with Crippen LogP contribution < -0.4 is 5.32 Å². The molecule has 12 heteroatoms. The average Bonchev–Trinajstić information content (AvgIpc) is 1.64. The fraction of sp³-hybridized carbons (Fsp3) is 0.767. The Morgan fingerprint density at radius 1 is 0.859 bits per heavy atom. The van der Waals surface area contributed by atoms with Crippen molar-refractivity contribution in [3.63, 3.8) is 0 Å². The van der Waals surface area contributed by atoms with Crippen LogP contribution in [0.15, 0.2) is 35.7 Å². The Morgan fingerprint density at radius 2 is 1.61 bits per heavy atom. The lowest BCUT2D eigenvalue weighted by atomic mass is 9.29. The number of ketones is 3. The van der Waals surface area contributed by atoms with Crippen LogP contribution in [0.4, 0.5) is 0 Å². The quantitative estimate of drug-likeness (QED) is 0.107. The van der Waals surface area contributed by atoms with Crippen LogP contribution in [0.25, 0.3) is 11.0 Å². The molecule has 2 saturated heterocycles. The molecule has 6 N–H and O–H groups in total. The summed E-state index contributed by atoms with van der Waals surface area (Å²) in [6.45, 7) is 19.4. The highest BCUT2D eigenvalue weighted by Crippen LogP contribution is 2.81. The number of benzene rings is 1. The number of carbonyl (C=O) groups excluding carboxylic acids is 3. The summed E-state index contributed by atoms with van der Waals surface area (Å²) in [5, 5.41) is 55.5. The van der Waals surface area contributed by atoms with E-state index in [2.05, 4.69) is 80.9 Å². The molecule has 0 unspecified atom stereocenters. The van der Waals surface area contributed by atoms with Crippen LogP contribution in [0, 0.1) is 62.1 Å². The van der Waals surface area contributed by atoms with E-state index in [0.717, 1.165) is 121 Å². The molecule has 0 bridgehead atoms. The first-order valence-electron chi connectivity index (χ1n) is 34.3. The van der Waals surface area contributed by atoms with Gasteiger partial charge in [0.05, 0.1) is 46.5 Å². The lowest BCUT2D eigenvalue weighted by molar-refractivity contribution is -0.267. The molecule has 11 aliphatic rings. The molecule has 3 aliphatic heterocycles. The van der Waals surface area contributed by atoms with Gasteiger partial charge in [-0.3, -0.25) is 14.4 Å². The minimum Gasteiger partial charge on any atom is -0.393 e. The van der Waals surface area contributed by atoms with E-state index in [-0.39, 0.29) is 41.5 Å². The lowest BCUT2D eigenvalue weighted by Crippen LogP contribution is -2.73. The van der Waals surface area contributed by atoms with Crippen molar-refractivity contribution in [2.24, 2.45) is 62.1 Å². The standard InChI is InChI=1S/C73H103N3O9/c1-41(2)17-18-43-30-48-49(31-45(42-14-11-10-12-15-42)32-52(48)73(83)26-28-84-29-27-73)57(62(43)81)50-39-76-40-51-58-59(67(5,35-54(79)65-66(3,4)85-65)23-19-44-38-75-60(50)61(44)76)53(78)36-69(58,7)68(6)24-21-55-70(8,64(68)63(51)82)71(25-20-47(77)34-71)37-56(80)72(55)22-13-16-46(33-72)74-9/h31-32,38-39,41-43,46-47,51,54-55,57,63-65,74-75,77,79,82-83H,10-30,33-37,40H2,1-9H3/t43-,46-,47+,51-,54-,55-,57+,63-,64+,65-,67+,68+,69+,70-,71-,72+/m1/s1. The molecule has 0 radical (unpaired) electrons. The highest BCUT2D eigenvalue weighted by Gasteiger charge is 2.78. The number of hydrogen-bond donors (Lipinski definition) is 6. The van der Waals surface area contributed by atoms with Crippen molar-refractivity contribution in [1.29, 1.82) is 0 Å². The maximum Gasteiger partial charge on any atom is 0.160 e. The van der Waals surface area contributed by atoms with E-state index >= 15 is 14.4 Å². The van der Waals surface area contributed by atoms with Crippen LogP contribution in [0.2, 0.25) is 0 Å². The van der Waals surface area contributed by atoms with Crippen molar-refractivity contribution in [2.45, 2.75) is 270 Å². The number of epoxide rings is 1. The Hall–Kier alpha value is -3.49. The van der Waals surface area contributed by atoms with Gasteiger partial charge in [-0.1, -0.05) is 85.8 Å². The molecule has 6 saturated carbocycles. The number of ether oxygens (including phenoxy) is 2. The number of allylic oxidation sites excluding steroid dienone is 1. The fourth-order valence-electron chi connectivity index (χ4n) is 23.0. The van der Waals surface area contributed by atoms with Crippen LogP contribution >= 0.6 is 0 Å². The number of Topliss-reactive ketones (excluding diaryl/α,β-unsaturated/α-hetero) is 3. The summed E-state index contributed by atoms with van der Waals surface area (Å²) in [7, 11) is 2.04. The van der Waals surface area contributed by atoms with Crippen molar-refractivity contribution in [1.82, 2.24) is 14.9 Å². The molecule has 12 nitrogen and oxygen atoms in total. The van der Waals surface area contributed by atoms with Crippen LogP contribution in [-0.4, -0.2) is 104 Å². The van der Waals surface area contributed by atoms with E-state index < -0.39 is 73.8 Å². The van der Waals surface area contributed by atoms with Crippen molar-refractivity contribution >= 4 is 28.4 Å². The van der Waals surface area contributed by atoms with Gasteiger partial charge in [0, 0.05) is 97.7 Å². The highest BCUT2D eigenvalue weighted by atomic mass is 16.6. The molecule has 0 amide bonds. The monoisotopic (exact) mass is 1170 g/mol. The first-order chi connectivity index (χ1) is 40.4. The maximum atomic E-state index is 16.1. The number of aliphatic hydroxyl groups excluding tert-OH is 3. The molecular weight excluding hydrogens is 1060 g/mol. The van der Waals surface area contributed by atoms with Gasteiger partial charge in [-0.25, -0.2) is 0 Å². The first kappa shape index (κ1) is 59.2. The fourth-order valence-corrected chi connectivity index (χ4v) is 23.0. The van der Waals surface area contributed by atoms with Gasteiger partial charge >= 0.3 is 0 Å². The van der Waals surface area contributed by atoms with Gasteiger partial charge in [0.25, 0.3) is 0 Å². The summed E-state index contributed by atoms with van der Waals surface area (Å²) >= 11 is 0. The van der Waals surface area contributed by atoms with Gasteiger partial charge in [-0.05, 0) is 196 Å². The van der Waals surface area contributed by atoms with Gasteiger partial charge in [-0.2, -0.15) is 0 Å². The second-order valence-corrected chi connectivity index (χ2v) is 32.7. The van der Waals surface area contributed by atoms with Crippen molar-refractivity contribution in [3.05, 3.63) is 69.1 Å². The zero-order valence-electron chi connectivity index (χ0n) is 53.1. The molecule has 2 aromatic heterocycles. The molecule has 8 fully saturated rings. The largest absolute Gasteiger partial charge is 0.393 e. The van der Waals surface area contributed by atoms with E-state index in [9.17, 15) is 20.4 Å². The molecule has 2 spiro atoms. The number of carbonyl (C=O) groups is 3. The summed E-state index contributed by atoms with van der Waals surface area (Å²) < 4.78 is 14.5. The number of aliphatic hydroxyl groups is 4. The van der Waals surface area contributed by atoms with Crippen LogP contribution in [0.3, 0.4) is 0 Å². The Morgan fingerprint density at radius 3 is 2.31 bits per heavy atom. The van der Waals surface area contributed by atoms with Crippen molar-refractivity contribution in [3.8, 4) is 0 Å². The zero-order chi connectivity index (χ0) is 59.8. The number of nitrogens with one attached hydrogen (secondary N) is 2. The summed E-state index contributed by atoms with van der Waals surface area (Å²) in [5.41, 5.74) is 5.10. The summed E-state index contributed by atoms with van der Waals surface area (Å²) in [4.78, 5) is 51.5. The second kappa shape index (κ2) is 20.5. The van der Waals surface area contributed by atoms with E-state index in [1.165, 1.54) is 24.8 Å². The minimum atomic E-state index is -1.07. The van der Waals surface area contributed by atoms with E-state index in [1.54, 1.807) is 0 Å². The maximum absolute atomic E-state index is 16.1. The number of hydrogen-bond acceptors (Lipinski definition) is 10. The Balaban J connectivity index is 0.979. The first-order valence-corrected chi connectivity index (χ1v) is 34.3. The highest BCUT2D eigenvalue weighted by molar-refractivity contribution is 6.02. The van der Waals surface area contributed by atoms with Crippen LogP contribution in [0.1, 0.15) is 242 Å². The normalized spacial score (nSPS) is 41.8. The van der Waals surface area contributed by atoms with E-state index in [1.807, 2.05) is 20.9 Å². The third-order valence-corrected chi connectivity index (χ3v) is 27.6. The Labute approximate surface area is 506 Å². The number of aromatic amines is 1. The second-order valence-electron chi connectivity index (χ2n) is 32.7. The van der Waals surface area contributed by atoms with E-state index in [0.29, 0.717) is 102 Å². The van der Waals surface area contributed by atoms with Gasteiger partial charge in [0.1, 0.15) is 17.7 Å². The predicted molar refractivity (Wildman–Crippen MR) is 329 cm³/mol. The molecule has 1 aromatic carbocycles. The third kappa shape index (κ3) is 8.65. The number of fused-ring (bicyclic) bond motifs is 7. The molecule has 16 atom stereocenters. The number of H-pyrrole nitrogens is 1. The number of aromatic nitrogens is 2. The molecule has 85 heavy (non-hydrogen) atoms. The molecule has 14 rings (SSSR count). The summed E-state index contributed by atoms with van der Waals surface area (Å²) in [6.07, 6.45) is 20.3. The molecule has 464 valence electrons. The third-order valence-electron chi connectivity index (χ3n) is 27.6.